The van der Waals surface area contributed by atoms with E-state index in [1.807, 2.05) is 25.1 Å². The monoisotopic (exact) mass is 548 g/mol. The smallest absolute Gasteiger partial charge is 0.323 e. The number of amides is 4. The van der Waals surface area contributed by atoms with Crippen LogP contribution in [0.15, 0.2) is 60.8 Å². The number of anilines is 3. The third-order valence-corrected chi connectivity index (χ3v) is 6.05. The van der Waals surface area contributed by atoms with Crippen LogP contribution in [0.4, 0.5) is 21.9 Å². The van der Waals surface area contributed by atoms with Gasteiger partial charge in [0.1, 0.15) is 5.75 Å². The molecule has 0 saturated heterocycles. The first-order valence-electron chi connectivity index (χ1n) is 12.4. The van der Waals surface area contributed by atoms with Gasteiger partial charge in [-0.3, -0.25) is 19.4 Å². The van der Waals surface area contributed by atoms with E-state index in [0.29, 0.717) is 34.1 Å². The zero-order valence-corrected chi connectivity index (χ0v) is 22.4. The van der Waals surface area contributed by atoms with Crippen molar-refractivity contribution < 1.29 is 29.0 Å². The lowest BCUT2D eigenvalue weighted by Gasteiger charge is -2.20. The summed E-state index contributed by atoms with van der Waals surface area (Å²) in [5.74, 6) is -1.46. The zero-order valence-electron chi connectivity index (χ0n) is 22.4. The number of urea groups is 1. The first-order chi connectivity index (χ1) is 19.1. The summed E-state index contributed by atoms with van der Waals surface area (Å²) < 4.78 is 5.43. The molecule has 4 amide bonds. The molecule has 0 aliphatic rings. The SMILES string of the molecule is COc1cc(CC(=O)N(C)c2ccc(C(CC(=O)O)NC(=O)CN)nc2)ccc1NC(=O)Nc1ccccc1C. The van der Waals surface area contributed by atoms with Crippen molar-refractivity contribution in [1.29, 1.82) is 0 Å². The minimum absolute atomic E-state index is 0.0402. The summed E-state index contributed by atoms with van der Waals surface area (Å²) in [6.07, 6.45) is 1.10. The fourth-order valence-corrected chi connectivity index (χ4v) is 3.83. The average Bonchev–Trinajstić information content (AvgIpc) is 2.94. The number of nitrogens with one attached hydrogen (secondary N) is 3. The van der Waals surface area contributed by atoms with Crippen molar-refractivity contribution in [2.45, 2.75) is 25.8 Å². The average molecular weight is 549 g/mol. The molecule has 12 heteroatoms. The number of benzene rings is 2. The predicted molar refractivity (Wildman–Crippen MR) is 150 cm³/mol. The molecule has 12 nitrogen and oxygen atoms in total. The van der Waals surface area contributed by atoms with Gasteiger partial charge >= 0.3 is 12.0 Å². The largest absolute Gasteiger partial charge is 0.495 e. The normalized spacial score (nSPS) is 11.2. The Morgan fingerprint density at radius 1 is 1.05 bits per heavy atom. The van der Waals surface area contributed by atoms with Gasteiger partial charge in [0.05, 0.1) is 55.8 Å². The molecule has 0 aliphatic carbocycles. The van der Waals surface area contributed by atoms with Gasteiger partial charge in [0.25, 0.3) is 0 Å². The number of ether oxygens (including phenoxy) is 1. The topological polar surface area (TPSA) is 176 Å². The maximum absolute atomic E-state index is 13.0. The van der Waals surface area contributed by atoms with Gasteiger partial charge in [0, 0.05) is 12.7 Å². The van der Waals surface area contributed by atoms with Crippen LogP contribution in [0.1, 0.15) is 29.3 Å². The molecule has 1 heterocycles. The standard InChI is InChI=1S/C28H32N6O6/c1-17-6-4-5-7-20(17)32-28(39)33-22-10-8-18(12-24(22)40-3)13-26(36)34(2)19-9-11-21(30-16-19)23(14-27(37)38)31-25(35)15-29/h4-12,16,23H,13-15,29H2,1-3H3,(H,31,35)(H,37,38)(H2,32,33,39). The lowest BCUT2D eigenvalue weighted by Crippen LogP contribution is -2.35. The minimum Gasteiger partial charge on any atom is -0.495 e. The summed E-state index contributed by atoms with van der Waals surface area (Å²) in [6, 6.07) is 14.3. The van der Waals surface area contributed by atoms with Gasteiger partial charge < -0.3 is 36.4 Å². The number of pyridine rings is 1. The molecule has 0 aliphatic heterocycles. The summed E-state index contributed by atoms with van der Waals surface area (Å²) in [7, 11) is 3.06. The third-order valence-electron chi connectivity index (χ3n) is 6.05. The van der Waals surface area contributed by atoms with Crippen molar-refractivity contribution >= 4 is 40.9 Å². The highest BCUT2D eigenvalue weighted by atomic mass is 16.5. The fraction of sp³-hybridized carbons (Fsp3) is 0.250. The number of nitrogens with two attached hydrogens (primary N) is 1. The van der Waals surface area contributed by atoms with E-state index in [9.17, 15) is 19.2 Å². The van der Waals surface area contributed by atoms with E-state index in [1.165, 1.54) is 18.2 Å². The number of aromatic nitrogens is 1. The number of nitrogens with zero attached hydrogens (tertiary/aromatic N) is 2. The maximum Gasteiger partial charge on any atom is 0.323 e. The van der Waals surface area contributed by atoms with Crippen LogP contribution in [0, 0.1) is 6.92 Å². The van der Waals surface area contributed by atoms with Crippen molar-refractivity contribution in [2.75, 3.05) is 36.2 Å². The first kappa shape index (κ1) is 29.6. The highest BCUT2D eigenvalue weighted by Gasteiger charge is 2.20. The number of para-hydroxylation sites is 1. The Labute approximate surface area is 231 Å². The molecule has 3 aromatic rings. The number of hydrogen-bond donors (Lipinski definition) is 5. The second kappa shape index (κ2) is 13.7. The first-order valence-corrected chi connectivity index (χ1v) is 12.4. The molecule has 0 saturated carbocycles. The third kappa shape index (κ3) is 8.01. The van der Waals surface area contributed by atoms with E-state index < -0.39 is 23.9 Å². The fourth-order valence-electron chi connectivity index (χ4n) is 3.83. The molecule has 6 N–H and O–H groups in total. The van der Waals surface area contributed by atoms with Crippen LogP contribution in [0.25, 0.3) is 0 Å². The Morgan fingerprint density at radius 3 is 2.40 bits per heavy atom. The molecule has 0 bridgehead atoms. The number of carbonyl (C=O) groups is 4. The van der Waals surface area contributed by atoms with Gasteiger partial charge in [-0.2, -0.15) is 0 Å². The molecular weight excluding hydrogens is 516 g/mol. The van der Waals surface area contributed by atoms with Crippen LogP contribution in [0.3, 0.4) is 0 Å². The quantitative estimate of drug-likeness (QED) is 0.243. The molecule has 1 unspecified atom stereocenters. The van der Waals surface area contributed by atoms with Gasteiger partial charge in [-0.05, 0) is 48.4 Å². The lowest BCUT2D eigenvalue weighted by atomic mass is 10.1. The Morgan fingerprint density at radius 2 is 1.77 bits per heavy atom. The molecular formula is C28H32N6O6. The number of aliphatic carboxylic acids is 1. The summed E-state index contributed by atoms with van der Waals surface area (Å²) in [4.78, 5) is 54.0. The van der Waals surface area contributed by atoms with E-state index in [1.54, 1.807) is 43.4 Å². The number of carboxylic acids is 1. The van der Waals surface area contributed by atoms with Gasteiger partial charge in [-0.1, -0.05) is 24.3 Å². The number of likely N-dealkylation sites (N-methyl/N-ethyl adjacent to an activating group) is 1. The molecule has 0 radical (unpaired) electrons. The number of carbonyl (C=O) groups excluding carboxylic acids is 3. The summed E-state index contributed by atoms with van der Waals surface area (Å²) in [6.45, 7) is 1.61. The van der Waals surface area contributed by atoms with E-state index in [4.69, 9.17) is 15.6 Å². The number of rotatable bonds is 11. The van der Waals surface area contributed by atoms with Crippen LogP contribution >= 0.6 is 0 Å². The van der Waals surface area contributed by atoms with Crippen LogP contribution in [0.5, 0.6) is 5.75 Å². The highest BCUT2D eigenvalue weighted by molar-refractivity contribution is 6.01. The summed E-state index contributed by atoms with van der Waals surface area (Å²) >= 11 is 0. The van der Waals surface area contributed by atoms with Crippen LogP contribution < -0.4 is 31.3 Å². The van der Waals surface area contributed by atoms with Crippen molar-refractivity contribution in [3.8, 4) is 5.75 Å². The highest BCUT2D eigenvalue weighted by Crippen LogP contribution is 2.27. The number of methoxy groups -OCH3 is 1. The Balaban J connectivity index is 1.66. The van der Waals surface area contributed by atoms with Gasteiger partial charge in [-0.25, -0.2) is 4.79 Å². The Bertz CT molecular complexity index is 1380. The Kier molecular flexibility index (Phi) is 10.1. The van der Waals surface area contributed by atoms with E-state index in [0.717, 1.165) is 5.56 Å². The summed E-state index contributed by atoms with van der Waals surface area (Å²) in [5.41, 5.74) is 8.83. The van der Waals surface area contributed by atoms with Crippen LogP contribution in [-0.4, -0.2) is 54.6 Å². The zero-order chi connectivity index (χ0) is 29.2. The molecule has 0 spiro atoms. The predicted octanol–water partition coefficient (Wildman–Crippen LogP) is 2.84. The van der Waals surface area contributed by atoms with Crippen LogP contribution in [-0.2, 0) is 20.8 Å². The van der Waals surface area contributed by atoms with Crippen molar-refractivity contribution in [3.05, 3.63) is 77.6 Å². The van der Waals surface area contributed by atoms with E-state index in [2.05, 4.69) is 20.9 Å². The maximum atomic E-state index is 13.0. The second-order valence-corrected chi connectivity index (χ2v) is 8.92. The van der Waals surface area contributed by atoms with Crippen molar-refractivity contribution in [2.24, 2.45) is 5.73 Å². The molecule has 3 rings (SSSR count). The molecule has 1 atom stereocenters. The molecule has 210 valence electrons. The van der Waals surface area contributed by atoms with Crippen LogP contribution in [0.2, 0.25) is 0 Å². The van der Waals surface area contributed by atoms with Crippen molar-refractivity contribution in [1.82, 2.24) is 10.3 Å². The van der Waals surface area contributed by atoms with Crippen molar-refractivity contribution in [3.63, 3.8) is 0 Å². The number of carboxylic acid groups (broad SMARTS) is 1. The van der Waals surface area contributed by atoms with E-state index >= 15 is 0 Å². The van der Waals surface area contributed by atoms with E-state index in [-0.39, 0.29) is 25.3 Å². The summed E-state index contributed by atoms with van der Waals surface area (Å²) in [5, 5.41) is 17.2. The lowest BCUT2D eigenvalue weighted by molar-refractivity contribution is -0.137. The second-order valence-electron chi connectivity index (χ2n) is 8.92. The molecule has 0 fully saturated rings. The van der Waals surface area contributed by atoms with Gasteiger partial charge in [-0.15, -0.1) is 0 Å². The number of aryl methyl sites for hydroxylation is 1. The van der Waals surface area contributed by atoms with Gasteiger partial charge in [0.15, 0.2) is 0 Å². The molecule has 40 heavy (non-hydrogen) atoms. The molecule has 2 aromatic carbocycles. The number of hydrogen-bond acceptors (Lipinski definition) is 7. The minimum atomic E-state index is -1.11. The van der Waals surface area contributed by atoms with Gasteiger partial charge in [0.2, 0.25) is 11.8 Å². The molecule has 1 aromatic heterocycles. The Hall–Kier alpha value is -4.97.